The molecule has 1 aromatic rings. The molecule has 4 heteroatoms. The molecule has 214 valence electrons. The van der Waals surface area contributed by atoms with Crippen LogP contribution in [0.25, 0.3) is 0 Å². The number of hydrogen-bond acceptors (Lipinski definition) is 3. The molecule has 4 saturated carbocycles. The largest absolute Gasteiger partial charge is 0.297 e. The molecule has 0 N–H and O–H groups in total. The van der Waals surface area contributed by atoms with Crippen LogP contribution in [-0.4, -0.2) is 14.5 Å². The highest BCUT2D eigenvalue weighted by Crippen LogP contribution is 2.68. The standard InChI is InChI=1S/C34H54O3S/c1-23(2)8-7-9-25(4)30-16-17-31-29-15-12-26-22-27(37-38(35,36)28-13-10-24(3)11-14-28)18-20-33(26,5)32(29)19-21-34(30,31)6/h10-11,13-14,23,25-27,29-32H,7-9,12,15-22H2,1-6H3/t25?,26-,27-,29-,30-,31+,32+,33-,34-/m1/s1. The maximum absolute atomic E-state index is 13.0. The minimum Gasteiger partial charge on any atom is -0.263 e. The number of benzene rings is 1. The van der Waals surface area contributed by atoms with Gasteiger partial charge in [0.15, 0.2) is 0 Å². The van der Waals surface area contributed by atoms with Crippen molar-refractivity contribution in [3.8, 4) is 0 Å². The lowest BCUT2D eigenvalue weighted by molar-refractivity contribution is -0.126. The SMILES string of the molecule is Cc1ccc(S(=O)(=O)O[C@@H]2CC[C@]3(C)[C@H](CC[C@H]4[C@@H]3CC[C@]3(C)[C@@H](C(C)CCCC(C)C)CC[C@@H]43)C2)cc1. The molecular formula is C34H54O3S. The Bertz CT molecular complexity index is 1060. The Balaban J connectivity index is 1.24. The second-order valence-corrected chi connectivity index (χ2v) is 16.5. The Morgan fingerprint density at radius 3 is 2.26 bits per heavy atom. The van der Waals surface area contributed by atoms with E-state index >= 15 is 0 Å². The highest BCUT2D eigenvalue weighted by Gasteiger charge is 2.60. The van der Waals surface area contributed by atoms with Gasteiger partial charge in [-0.15, -0.1) is 0 Å². The van der Waals surface area contributed by atoms with Gasteiger partial charge in [0.2, 0.25) is 0 Å². The van der Waals surface area contributed by atoms with Gasteiger partial charge in [-0.25, -0.2) is 0 Å². The van der Waals surface area contributed by atoms with E-state index < -0.39 is 10.1 Å². The predicted molar refractivity (Wildman–Crippen MR) is 156 cm³/mol. The summed E-state index contributed by atoms with van der Waals surface area (Å²) in [6.07, 6.45) is 15.2. The fourth-order valence-corrected chi connectivity index (χ4v) is 11.4. The molecule has 1 unspecified atom stereocenters. The van der Waals surface area contributed by atoms with E-state index in [1.165, 1.54) is 57.8 Å². The molecule has 0 aliphatic heterocycles. The first-order chi connectivity index (χ1) is 17.9. The highest BCUT2D eigenvalue weighted by atomic mass is 32.2. The van der Waals surface area contributed by atoms with Crippen molar-refractivity contribution in [1.82, 2.24) is 0 Å². The summed E-state index contributed by atoms with van der Waals surface area (Å²) in [7, 11) is -3.70. The van der Waals surface area contributed by atoms with E-state index in [2.05, 4.69) is 34.6 Å². The predicted octanol–water partition coefficient (Wildman–Crippen LogP) is 9.19. The van der Waals surface area contributed by atoms with Crippen molar-refractivity contribution in [2.24, 2.45) is 52.3 Å². The first kappa shape index (κ1) is 28.7. The number of aryl methyl sites for hydroxylation is 1. The van der Waals surface area contributed by atoms with Crippen molar-refractivity contribution in [3.05, 3.63) is 29.8 Å². The zero-order valence-electron chi connectivity index (χ0n) is 25.0. The molecule has 9 atom stereocenters. The Labute approximate surface area is 234 Å². The van der Waals surface area contributed by atoms with Crippen LogP contribution in [0.2, 0.25) is 0 Å². The number of fused-ring (bicyclic) bond motifs is 5. The Kier molecular flexibility index (Phi) is 8.17. The zero-order valence-corrected chi connectivity index (χ0v) is 25.9. The van der Waals surface area contributed by atoms with E-state index in [9.17, 15) is 8.42 Å². The fourth-order valence-electron chi connectivity index (χ4n) is 10.3. The van der Waals surface area contributed by atoms with Crippen LogP contribution in [0, 0.1) is 59.2 Å². The second kappa shape index (κ2) is 10.8. The molecule has 4 aliphatic carbocycles. The van der Waals surface area contributed by atoms with Crippen LogP contribution in [0.4, 0.5) is 0 Å². The summed E-state index contributed by atoms with van der Waals surface area (Å²) >= 11 is 0. The lowest BCUT2D eigenvalue weighted by Crippen LogP contribution is -2.54. The van der Waals surface area contributed by atoms with Crippen molar-refractivity contribution in [3.63, 3.8) is 0 Å². The molecule has 5 rings (SSSR count). The molecule has 0 amide bonds. The minimum atomic E-state index is -3.70. The molecular weight excluding hydrogens is 488 g/mol. The molecule has 1 aromatic carbocycles. The Morgan fingerprint density at radius 2 is 1.55 bits per heavy atom. The molecule has 0 bridgehead atoms. The monoisotopic (exact) mass is 542 g/mol. The Hall–Kier alpha value is -0.870. The van der Waals surface area contributed by atoms with Crippen LogP contribution in [0.3, 0.4) is 0 Å². The summed E-state index contributed by atoms with van der Waals surface area (Å²) in [5.74, 6) is 5.75. The van der Waals surface area contributed by atoms with Crippen LogP contribution in [0.1, 0.15) is 117 Å². The summed E-state index contributed by atoms with van der Waals surface area (Å²) < 4.78 is 31.9. The van der Waals surface area contributed by atoms with E-state index in [0.717, 1.165) is 60.3 Å². The van der Waals surface area contributed by atoms with Gasteiger partial charge in [-0.3, -0.25) is 4.18 Å². The normalized spacial score (nSPS) is 39.9. The maximum Gasteiger partial charge on any atom is 0.297 e. The number of rotatable bonds is 8. The molecule has 0 radical (unpaired) electrons. The summed E-state index contributed by atoms with van der Waals surface area (Å²) in [5.41, 5.74) is 1.94. The van der Waals surface area contributed by atoms with Crippen LogP contribution in [0.15, 0.2) is 29.2 Å². The van der Waals surface area contributed by atoms with Crippen molar-refractivity contribution in [1.29, 1.82) is 0 Å². The van der Waals surface area contributed by atoms with Gasteiger partial charge < -0.3 is 0 Å². The second-order valence-electron chi connectivity index (χ2n) is 14.9. The minimum absolute atomic E-state index is 0.174. The van der Waals surface area contributed by atoms with Crippen molar-refractivity contribution < 1.29 is 12.6 Å². The summed E-state index contributed by atoms with van der Waals surface area (Å²) in [6, 6.07) is 7.07. The van der Waals surface area contributed by atoms with Gasteiger partial charge in [0.25, 0.3) is 10.1 Å². The smallest absolute Gasteiger partial charge is 0.263 e. The Morgan fingerprint density at radius 1 is 0.868 bits per heavy atom. The average molecular weight is 543 g/mol. The van der Waals surface area contributed by atoms with E-state index in [1.54, 1.807) is 12.1 Å². The highest BCUT2D eigenvalue weighted by molar-refractivity contribution is 7.86. The fraction of sp³-hybridized carbons (Fsp3) is 0.824. The lowest BCUT2D eigenvalue weighted by atomic mass is 9.44. The summed E-state index contributed by atoms with van der Waals surface area (Å²) in [6.45, 7) is 14.5. The topological polar surface area (TPSA) is 43.4 Å². The van der Waals surface area contributed by atoms with Gasteiger partial charge in [0.05, 0.1) is 11.0 Å². The third kappa shape index (κ3) is 5.27. The number of hydrogen-bond donors (Lipinski definition) is 0. The first-order valence-corrected chi connectivity index (χ1v) is 17.3. The van der Waals surface area contributed by atoms with Gasteiger partial charge in [0.1, 0.15) is 0 Å². The molecule has 0 heterocycles. The molecule has 4 fully saturated rings. The molecule has 38 heavy (non-hydrogen) atoms. The van der Waals surface area contributed by atoms with Gasteiger partial charge in [0, 0.05) is 0 Å². The molecule has 3 nitrogen and oxygen atoms in total. The van der Waals surface area contributed by atoms with E-state index in [-0.39, 0.29) is 6.10 Å². The van der Waals surface area contributed by atoms with Gasteiger partial charge in [-0.2, -0.15) is 8.42 Å². The quantitative estimate of drug-likeness (QED) is 0.308. The van der Waals surface area contributed by atoms with E-state index in [0.29, 0.717) is 21.6 Å². The first-order valence-electron chi connectivity index (χ1n) is 15.9. The van der Waals surface area contributed by atoms with Gasteiger partial charge >= 0.3 is 0 Å². The van der Waals surface area contributed by atoms with Crippen LogP contribution >= 0.6 is 0 Å². The summed E-state index contributed by atoms with van der Waals surface area (Å²) in [4.78, 5) is 0.293. The van der Waals surface area contributed by atoms with Crippen molar-refractivity contribution in [2.75, 3.05) is 0 Å². The van der Waals surface area contributed by atoms with Gasteiger partial charge in [-0.05, 0) is 129 Å². The van der Waals surface area contributed by atoms with Crippen LogP contribution in [0.5, 0.6) is 0 Å². The van der Waals surface area contributed by atoms with Crippen LogP contribution in [-0.2, 0) is 14.3 Å². The van der Waals surface area contributed by atoms with E-state index in [4.69, 9.17) is 4.18 Å². The molecule has 4 aliphatic rings. The third-order valence-electron chi connectivity index (χ3n) is 12.4. The average Bonchev–Trinajstić information content (AvgIpc) is 3.21. The van der Waals surface area contributed by atoms with Crippen molar-refractivity contribution in [2.45, 2.75) is 130 Å². The van der Waals surface area contributed by atoms with E-state index in [1.807, 2.05) is 19.1 Å². The third-order valence-corrected chi connectivity index (χ3v) is 13.8. The zero-order chi connectivity index (χ0) is 27.3. The summed E-state index contributed by atoms with van der Waals surface area (Å²) in [5, 5.41) is 0. The molecule has 0 spiro atoms. The van der Waals surface area contributed by atoms with Crippen molar-refractivity contribution >= 4 is 10.1 Å². The molecule has 0 saturated heterocycles. The van der Waals surface area contributed by atoms with Gasteiger partial charge in [-0.1, -0.05) is 71.6 Å². The van der Waals surface area contributed by atoms with Crippen LogP contribution < -0.4 is 0 Å². The maximum atomic E-state index is 13.0. The molecule has 0 aromatic heterocycles. The lowest BCUT2D eigenvalue weighted by Gasteiger charge is -2.61.